The average molecular weight is 381 g/mol. The van der Waals surface area contributed by atoms with Crippen molar-refractivity contribution in [1.29, 1.82) is 0 Å². The third kappa shape index (κ3) is 3.62. The van der Waals surface area contributed by atoms with E-state index >= 15 is 0 Å². The third-order valence-corrected chi connectivity index (χ3v) is 4.80. The zero-order valence-corrected chi connectivity index (χ0v) is 14.6. The second kappa shape index (κ2) is 6.24. The summed E-state index contributed by atoms with van der Waals surface area (Å²) in [5.74, 6) is -0.0109. The van der Waals surface area contributed by atoms with Crippen LogP contribution in [0.2, 0.25) is 0 Å². The van der Waals surface area contributed by atoms with Gasteiger partial charge in [-0.25, -0.2) is 18.4 Å². The summed E-state index contributed by atoms with van der Waals surface area (Å²) in [5.41, 5.74) is -0.236. The van der Waals surface area contributed by atoms with E-state index in [9.17, 15) is 21.6 Å². The number of aromatic amines is 1. The van der Waals surface area contributed by atoms with Crippen LogP contribution in [0.25, 0.3) is 22.8 Å². The van der Waals surface area contributed by atoms with E-state index in [2.05, 4.69) is 15.0 Å². The summed E-state index contributed by atoms with van der Waals surface area (Å²) in [6.45, 7) is 1.72. The maximum atomic E-state index is 13.4. The summed E-state index contributed by atoms with van der Waals surface area (Å²) in [6.07, 6.45) is -3.63. The zero-order valence-electron chi connectivity index (χ0n) is 13.8. The number of aromatic nitrogens is 3. The molecule has 0 unspecified atom stereocenters. The Labute approximate surface area is 147 Å². The van der Waals surface area contributed by atoms with E-state index in [1.165, 1.54) is 24.3 Å². The number of alkyl halides is 3. The third-order valence-electron chi connectivity index (χ3n) is 3.67. The SMILES string of the molecule is Cc1cccc(-c2nc(-c3ccc(S(C)(=O)=O)cc3)c(C(F)(F)F)[nH]2)n1. The lowest BCUT2D eigenvalue weighted by atomic mass is 10.1. The predicted octanol–water partition coefficient (Wildman–Crippen LogP) is 3.87. The Hall–Kier alpha value is -2.68. The largest absolute Gasteiger partial charge is 0.433 e. The average Bonchev–Trinajstić information content (AvgIpc) is 3.00. The Morgan fingerprint density at radius 2 is 1.65 bits per heavy atom. The van der Waals surface area contributed by atoms with Gasteiger partial charge in [0.15, 0.2) is 15.7 Å². The van der Waals surface area contributed by atoms with Crippen LogP contribution in [0.15, 0.2) is 47.4 Å². The number of pyridine rings is 1. The summed E-state index contributed by atoms with van der Waals surface area (Å²) in [7, 11) is -3.44. The van der Waals surface area contributed by atoms with Crippen molar-refractivity contribution in [2.24, 2.45) is 0 Å². The molecule has 2 aromatic heterocycles. The summed E-state index contributed by atoms with van der Waals surface area (Å²) in [5, 5.41) is 0. The minimum absolute atomic E-state index is 0.0109. The molecule has 136 valence electrons. The van der Waals surface area contributed by atoms with Gasteiger partial charge in [0.25, 0.3) is 0 Å². The number of hydrogen-bond acceptors (Lipinski definition) is 4. The monoisotopic (exact) mass is 381 g/mol. The highest BCUT2D eigenvalue weighted by Gasteiger charge is 2.37. The molecule has 0 aliphatic rings. The summed E-state index contributed by atoms with van der Waals surface area (Å²) >= 11 is 0. The molecule has 3 rings (SSSR count). The number of H-pyrrole nitrogens is 1. The number of halogens is 3. The van der Waals surface area contributed by atoms with Gasteiger partial charge in [-0.2, -0.15) is 13.2 Å². The van der Waals surface area contributed by atoms with Gasteiger partial charge in [-0.15, -0.1) is 0 Å². The number of nitrogens with zero attached hydrogens (tertiary/aromatic N) is 2. The Morgan fingerprint density at radius 3 is 2.19 bits per heavy atom. The van der Waals surface area contributed by atoms with Gasteiger partial charge < -0.3 is 4.98 Å². The second-order valence-corrected chi connectivity index (χ2v) is 7.78. The van der Waals surface area contributed by atoms with E-state index in [1.807, 2.05) is 0 Å². The first-order chi connectivity index (χ1) is 12.1. The molecular weight excluding hydrogens is 367 g/mol. The van der Waals surface area contributed by atoms with E-state index in [4.69, 9.17) is 0 Å². The molecule has 9 heteroatoms. The second-order valence-electron chi connectivity index (χ2n) is 5.77. The normalized spacial score (nSPS) is 12.3. The topological polar surface area (TPSA) is 75.7 Å². The Balaban J connectivity index is 2.14. The van der Waals surface area contributed by atoms with Crippen molar-refractivity contribution in [2.45, 2.75) is 18.0 Å². The number of aryl methyl sites for hydroxylation is 1. The first-order valence-electron chi connectivity index (χ1n) is 7.47. The van der Waals surface area contributed by atoms with E-state index in [0.717, 1.165) is 6.26 Å². The lowest BCUT2D eigenvalue weighted by Crippen LogP contribution is -2.07. The van der Waals surface area contributed by atoms with E-state index < -0.39 is 21.7 Å². The van der Waals surface area contributed by atoms with Crippen LogP contribution < -0.4 is 0 Å². The van der Waals surface area contributed by atoms with E-state index in [0.29, 0.717) is 5.69 Å². The minimum Gasteiger partial charge on any atom is -0.333 e. The van der Waals surface area contributed by atoms with Crippen molar-refractivity contribution in [3.05, 3.63) is 53.9 Å². The van der Waals surface area contributed by atoms with Gasteiger partial charge in [0.2, 0.25) is 0 Å². The molecular formula is C17H14F3N3O2S. The minimum atomic E-state index is -4.65. The number of rotatable bonds is 3. The number of benzene rings is 1. The van der Waals surface area contributed by atoms with Crippen molar-refractivity contribution in [2.75, 3.05) is 6.26 Å². The molecule has 0 amide bonds. The standard InChI is InChI=1S/C17H14F3N3O2S/c1-10-4-3-5-13(21-10)16-22-14(15(23-16)17(18,19)20)11-6-8-12(9-7-11)26(2,24)25/h3-9H,1-2H3,(H,22,23). The van der Waals surface area contributed by atoms with Gasteiger partial charge in [0.1, 0.15) is 17.1 Å². The summed E-state index contributed by atoms with van der Waals surface area (Å²) < 4.78 is 63.3. The Bertz CT molecular complexity index is 1060. The van der Waals surface area contributed by atoms with Crippen LogP contribution in [0.3, 0.4) is 0 Å². The quantitative estimate of drug-likeness (QED) is 0.747. The van der Waals surface area contributed by atoms with Crippen LogP contribution in [0.5, 0.6) is 0 Å². The highest BCUT2D eigenvalue weighted by atomic mass is 32.2. The molecule has 0 atom stereocenters. The number of imidazole rings is 1. The number of sulfone groups is 1. The predicted molar refractivity (Wildman–Crippen MR) is 90.1 cm³/mol. The van der Waals surface area contributed by atoms with Crippen molar-refractivity contribution >= 4 is 9.84 Å². The van der Waals surface area contributed by atoms with Gasteiger partial charge in [-0.05, 0) is 31.2 Å². The van der Waals surface area contributed by atoms with Crippen LogP contribution in [0.1, 0.15) is 11.4 Å². The fourth-order valence-corrected chi connectivity index (χ4v) is 3.07. The van der Waals surface area contributed by atoms with Gasteiger partial charge >= 0.3 is 6.18 Å². The molecule has 5 nitrogen and oxygen atoms in total. The van der Waals surface area contributed by atoms with E-state index in [-0.39, 0.29) is 27.7 Å². The number of hydrogen-bond donors (Lipinski definition) is 1. The van der Waals surface area contributed by atoms with Crippen LogP contribution >= 0.6 is 0 Å². The molecule has 0 spiro atoms. The zero-order chi connectivity index (χ0) is 19.1. The molecule has 0 bridgehead atoms. The lowest BCUT2D eigenvalue weighted by Gasteiger charge is -2.07. The van der Waals surface area contributed by atoms with Crippen molar-refractivity contribution in [3.8, 4) is 22.8 Å². The van der Waals surface area contributed by atoms with Gasteiger partial charge in [-0.1, -0.05) is 18.2 Å². The molecule has 1 N–H and O–H groups in total. The molecule has 0 saturated carbocycles. The molecule has 0 fully saturated rings. The highest BCUT2D eigenvalue weighted by molar-refractivity contribution is 7.90. The van der Waals surface area contributed by atoms with E-state index in [1.54, 1.807) is 25.1 Å². The Morgan fingerprint density at radius 1 is 1.00 bits per heavy atom. The lowest BCUT2D eigenvalue weighted by molar-refractivity contribution is -0.140. The van der Waals surface area contributed by atoms with Crippen molar-refractivity contribution < 1.29 is 21.6 Å². The smallest absolute Gasteiger partial charge is 0.333 e. The summed E-state index contributed by atoms with van der Waals surface area (Å²) in [4.78, 5) is 10.6. The van der Waals surface area contributed by atoms with Crippen LogP contribution in [0.4, 0.5) is 13.2 Å². The molecule has 2 heterocycles. The van der Waals surface area contributed by atoms with Crippen LogP contribution in [0, 0.1) is 6.92 Å². The molecule has 0 radical (unpaired) electrons. The highest BCUT2D eigenvalue weighted by Crippen LogP contribution is 2.37. The maximum Gasteiger partial charge on any atom is 0.433 e. The fraction of sp³-hybridized carbons (Fsp3) is 0.176. The first kappa shape index (κ1) is 18.1. The van der Waals surface area contributed by atoms with Gasteiger partial charge in [-0.3, -0.25) is 0 Å². The molecule has 0 aliphatic carbocycles. The fourth-order valence-electron chi connectivity index (χ4n) is 2.44. The van der Waals surface area contributed by atoms with Gasteiger partial charge in [0, 0.05) is 17.5 Å². The van der Waals surface area contributed by atoms with Gasteiger partial charge in [0.05, 0.1) is 4.90 Å². The van der Waals surface area contributed by atoms with Crippen LogP contribution in [-0.4, -0.2) is 29.6 Å². The Kier molecular flexibility index (Phi) is 4.35. The first-order valence-corrected chi connectivity index (χ1v) is 9.36. The van der Waals surface area contributed by atoms with Crippen LogP contribution in [-0.2, 0) is 16.0 Å². The summed E-state index contributed by atoms with van der Waals surface area (Å²) in [6, 6.07) is 10.1. The molecule has 0 saturated heterocycles. The number of nitrogens with one attached hydrogen (secondary N) is 1. The molecule has 1 aromatic carbocycles. The van der Waals surface area contributed by atoms with Crippen molar-refractivity contribution in [1.82, 2.24) is 15.0 Å². The molecule has 26 heavy (non-hydrogen) atoms. The molecule has 0 aliphatic heterocycles. The van der Waals surface area contributed by atoms with Crippen molar-refractivity contribution in [3.63, 3.8) is 0 Å². The maximum absolute atomic E-state index is 13.4. The molecule has 3 aromatic rings.